The number of rotatable bonds is 12. The van der Waals surface area contributed by atoms with Crippen LogP contribution >= 0.6 is 0 Å². The molecule has 0 spiro atoms. The van der Waals surface area contributed by atoms with Gasteiger partial charge in [-0.05, 0) is 140 Å². The number of aromatic carboxylic acids is 2. The number of aromatic hydroxyl groups is 2. The predicted molar refractivity (Wildman–Crippen MR) is 251 cm³/mol. The van der Waals surface area contributed by atoms with Crippen LogP contribution < -0.4 is 9.80 Å². The van der Waals surface area contributed by atoms with Crippen molar-refractivity contribution in [3.05, 3.63) is 154 Å². The van der Waals surface area contributed by atoms with E-state index in [0.29, 0.717) is 32.7 Å². The van der Waals surface area contributed by atoms with E-state index in [1.54, 1.807) is 48.5 Å². The Morgan fingerprint density at radius 3 is 1.26 bits per heavy atom. The highest BCUT2D eigenvalue weighted by Gasteiger charge is 2.23. The summed E-state index contributed by atoms with van der Waals surface area (Å²) in [5.41, 5.74) is 7.45. The molecule has 6 aromatic carbocycles. The lowest BCUT2D eigenvalue weighted by molar-refractivity contribution is 0.0682. The number of carboxylic acids is 2. The van der Waals surface area contributed by atoms with E-state index in [0.717, 1.165) is 55.3 Å². The predicted octanol–water partition coefficient (Wildman–Crippen LogP) is 11.1. The van der Waals surface area contributed by atoms with Crippen LogP contribution in [0.3, 0.4) is 0 Å². The maximum Gasteiger partial charge on any atom is 0.339 e. The average molecular weight is 829 g/mol. The third kappa shape index (κ3) is 8.54. The molecule has 2 aromatic heterocycles. The first-order valence-electron chi connectivity index (χ1n) is 21.1. The summed E-state index contributed by atoms with van der Waals surface area (Å²) in [6, 6.07) is 34.6. The molecule has 0 atom stereocenters. The number of carbonyl (C=O) groups is 2. The van der Waals surface area contributed by atoms with Crippen LogP contribution in [0.1, 0.15) is 81.8 Å². The third-order valence-electron chi connectivity index (χ3n) is 11.8. The van der Waals surface area contributed by atoms with E-state index >= 15 is 0 Å². The van der Waals surface area contributed by atoms with E-state index in [2.05, 4.69) is 99.9 Å². The van der Waals surface area contributed by atoms with Crippen molar-refractivity contribution in [1.29, 1.82) is 0 Å². The van der Waals surface area contributed by atoms with E-state index in [-0.39, 0.29) is 17.5 Å². The smallest absolute Gasteiger partial charge is 0.339 e. The third-order valence-corrected chi connectivity index (χ3v) is 11.8. The van der Waals surface area contributed by atoms with Crippen LogP contribution in [0.2, 0.25) is 0 Å². The minimum atomic E-state index is -1.28. The van der Waals surface area contributed by atoms with Crippen molar-refractivity contribution in [3.63, 3.8) is 0 Å². The van der Waals surface area contributed by atoms with Crippen LogP contribution in [0.4, 0.5) is 11.6 Å². The molecule has 0 fully saturated rings. The zero-order valence-electron chi connectivity index (χ0n) is 36.0. The van der Waals surface area contributed by atoms with Gasteiger partial charge in [-0.2, -0.15) is 0 Å². The Bertz CT molecular complexity index is 2790. The molecule has 10 heteroatoms. The second-order valence-corrected chi connectivity index (χ2v) is 15.6. The van der Waals surface area contributed by atoms with Crippen LogP contribution in [0.15, 0.2) is 109 Å². The monoisotopic (exact) mass is 828 g/mol. The zero-order chi connectivity index (χ0) is 44.2. The lowest BCUT2D eigenvalue weighted by Gasteiger charge is -2.21. The van der Waals surface area contributed by atoms with Crippen LogP contribution in [-0.4, -0.2) is 68.5 Å². The van der Waals surface area contributed by atoms with Crippen molar-refractivity contribution in [1.82, 2.24) is 9.97 Å². The van der Waals surface area contributed by atoms with Gasteiger partial charge in [0.05, 0.1) is 11.0 Å². The Kier molecular flexibility index (Phi) is 12.6. The van der Waals surface area contributed by atoms with Crippen molar-refractivity contribution in [2.24, 2.45) is 0 Å². The molecule has 8 rings (SSSR count). The maximum atomic E-state index is 11.6. The maximum absolute atomic E-state index is 11.6. The normalized spacial score (nSPS) is 11.2. The second-order valence-electron chi connectivity index (χ2n) is 15.6. The zero-order valence-corrected chi connectivity index (χ0v) is 36.0. The van der Waals surface area contributed by atoms with Crippen molar-refractivity contribution in [2.75, 3.05) is 36.0 Å². The van der Waals surface area contributed by atoms with Crippen LogP contribution in [-0.2, 0) is 12.8 Å². The molecule has 4 N–H and O–H groups in total. The van der Waals surface area contributed by atoms with E-state index in [9.17, 15) is 30.0 Å². The van der Waals surface area contributed by atoms with Gasteiger partial charge in [-0.1, -0.05) is 60.7 Å². The van der Waals surface area contributed by atoms with E-state index in [1.807, 2.05) is 0 Å². The second kappa shape index (κ2) is 18.2. The number of anilines is 2. The van der Waals surface area contributed by atoms with Gasteiger partial charge in [0, 0.05) is 54.5 Å². The molecule has 62 heavy (non-hydrogen) atoms. The fourth-order valence-electron chi connectivity index (χ4n) is 8.41. The van der Waals surface area contributed by atoms with Gasteiger partial charge in [-0.15, -0.1) is 0 Å². The summed E-state index contributed by atoms with van der Waals surface area (Å²) in [7, 11) is 0. The first kappa shape index (κ1) is 42.9. The number of benzene rings is 6. The van der Waals surface area contributed by atoms with Gasteiger partial charge in [0.15, 0.2) is 0 Å². The molecule has 316 valence electrons. The molecule has 0 bridgehead atoms. The quantitative estimate of drug-likeness (QED) is 0.0938. The molecule has 0 aliphatic carbocycles. The number of carboxylic acid groups (broad SMARTS) is 2. The highest BCUT2D eigenvalue weighted by molar-refractivity contribution is 6.02. The van der Waals surface area contributed by atoms with Crippen LogP contribution in [0, 0.1) is 13.8 Å². The van der Waals surface area contributed by atoms with Crippen molar-refractivity contribution in [3.8, 4) is 11.5 Å². The van der Waals surface area contributed by atoms with Crippen molar-refractivity contribution < 1.29 is 30.0 Å². The van der Waals surface area contributed by atoms with Crippen molar-refractivity contribution >= 4 is 66.9 Å². The van der Waals surface area contributed by atoms with Gasteiger partial charge < -0.3 is 30.2 Å². The molecule has 10 nitrogen and oxygen atoms in total. The van der Waals surface area contributed by atoms with Gasteiger partial charge in [-0.25, -0.2) is 19.6 Å². The SMILES string of the molecule is CCN(CC)c1cc(C)c2cc(Cc3ccc4nc(N(CC)CC)cc(C)c4c3)ccc2n1.O=C(O)c1cc2ccccc2c(Cc2c(O)c(C(=O)O)cc3ccccc23)c1O. The Labute approximate surface area is 361 Å². The molecule has 0 saturated heterocycles. The molecule has 0 amide bonds. The fourth-order valence-corrected chi connectivity index (χ4v) is 8.41. The Morgan fingerprint density at radius 2 is 0.887 bits per heavy atom. The first-order valence-corrected chi connectivity index (χ1v) is 21.1. The largest absolute Gasteiger partial charge is 0.507 e. The average Bonchev–Trinajstić information content (AvgIpc) is 3.26. The summed E-state index contributed by atoms with van der Waals surface area (Å²) in [5.74, 6) is -1.22. The van der Waals surface area contributed by atoms with E-state index in [1.165, 1.54) is 45.2 Å². The molecule has 0 aliphatic rings. The standard InChI is InChI=1S/C29H36N4.C23H16O6/c1-7-32(8-2)28-15-20(5)24-18-22(11-13-26(24)30-28)17-23-12-14-27-25(19-23)21(6)16-29(31-27)33(9-3)10-4;24-20-16(14-7-3-1-5-12(14)9-18(20)22(26)27)11-17-15-8-4-2-6-13(15)10-19(21(17)25)23(28)29/h11-16,18-19H,7-10,17H2,1-6H3;1-10,24-25H,11H2,(H,26,27)(H,28,29). The number of fused-ring (bicyclic) bond motifs is 4. The minimum Gasteiger partial charge on any atom is -0.507 e. The Hall–Kier alpha value is -7.20. The summed E-state index contributed by atoms with van der Waals surface area (Å²) in [6.45, 7) is 17.0. The highest BCUT2D eigenvalue weighted by Crippen LogP contribution is 2.39. The van der Waals surface area contributed by atoms with Gasteiger partial charge >= 0.3 is 11.9 Å². The Morgan fingerprint density at radius 1 is 0.500 bits per heavy atom. The molecule has 0 aliphatic heterocycles. The molecular formula is C52H52N4O6. The van der Waals surface area contributed by atoms with Gasteiger partial charge in [0.25, 0.3) is 0 Å². The fraction of sp³-hybridized carbons (Fsp3) is 0.231. The molecule has 0 radical (unpaired) electrons. The Balaban J connectivity index is 0.000000188. The highest BCUT2D eigenvalue weighted by atomic mass is 16.4. The molecule has 0 saturated carbocycles. The van der Waals surface area contributed by atoms with Crippen LogP contribution in [0.25, 0.3) is 43.4 Å². The topological polar surface area (TPSA) is 147 Å². The van der Waals surface area contributed by atoms with Gasteiger partial charge in [-0.3, -0.25) is 0 Å². The van der Waals surface area contributed by atoms with Crippen LogP contribution in [0.5, 0.6) is 11.5 Å². The summed E-state index contributed by atoms with van der Waals surface area (Å²) >= 11 is 0. The number of hydrogen-bond donors (Lipinski definition) is 4. The van der Waals surface area contributed by atoms with E-state index in [4.69, 9.17) is 9.97 Å². The summed E-state index contributed by atoms with van der Waals surface area (Å²) in [6.07, 6.45) is 0.862. The minimum absolute atomic E-state index is 0.0407. The van der Waals surface area contributed by atoms with Crippen molar-refractivity contribution in [2.45, 2.75) is 54.4 Å². The molecule has 8 aromatic rings. The number of phenols is 2. The number of aryl methyl sites for hydroxylation is 2. The van der Waals surface area contributed by atoms with Gasteiger partial charge in [0.1, 0.15) is 34.3 Å². The molecule has 2 heterocycles. The summed E-state index contributed by atoms with van der Waals surface area (Å²) in [4.78, 5) is 37.7. The number of aromatic nitrogens is 2. The first-order chi connectivity index (χ1) is 29.8. The number of pyridine rings is 2. The van der Waals surface area contributed by atoms with Gasteiger partial charge in [0.2, 0.25) is 0 Å². The number of hydrogen-bond acceptors (Lipinski definition) is 8. The molecular weight excluding hydrogens is 777 g/mol. The molecule has 0 unspecified atom stereocenters. The number of nitrogens with zero attached hydrogens (tertiary/aromatic N) is 4. The summed E-state index contributed by atoms with van der Waals surface area (Å²) in [5, 5.41) is 45.3. The lowest BCUT2D eigenvalue weighted by Crippen LogP contribution is -2.23. The summed E-state index contributed by atoms with van der Waals surface area (Å²) < 4.78 is 0. The van der Waals surface area contributed by atoms with E-state index < -0.39 is 23.4 Å². The lowest BCUT2D eigenvalue weighted by atomic mass is 9.90.